The Bertz CT molecular complexity index is 207. The topological polar surface area (TPSA) is 74.6 Å². The van der Waals surface area contributed by atoms with Gasteiger partial charge in [-0.2, -0.15) is 0 Å². The van der Waals surface area contributed by atoms with Gasteiger partial charge in [-0.05, 0) is 0 Å². The zero-order chi connectivity index (χ0) is 9.02. The lowest BCUT2D eigenvalue weighted by atomic mass is 10.2. The zero-order valence-corrected chi connectivity index (χ0v) is 8.09. The van der Waals surface area contributed by atoms with Crippen molar-refractivity contribution in [3.8, 4) is 0 Å². The van der Waals surface area contributed by atoms with Crippen LogP contribution in [0.3, 0.4) is 0 Å². The molecule has 0 aliphatic heterocycles. The molecule has 4 nitrogen and oxygen atoms in total. The van der Waals surface area contributed by atoms with Crippen LogP contribution in [0.1, 0.15) is 0 Å². The standard InChI is InChI=1S/C5H4ClIO4/c6-2(1-7)3(4(8)9)5(10)11/h1H2,(H,8,9)(H,10,11). The Morgan fingerprint density at radius 1 is 1.27 bits per heavy atom. The zero-order valence-electron chi connectivity index (χ0n) is 5.17. The first kappa shape index (κ1) is 10.7. The number of carbonyl (C=O) groups is 2. The van der Waals surface area contributed by atoms with Crippen LogP contribution < -0.4 is 0 Å². The number of hydrogen-bond acceptors (Lipinski definition) is 2. The van der Waals surface area contributed by atoms with Crippen LogP contribution in [0.15, 0.2) is 10.6 Å². The molecule has 11 heavy (non-hydrogen) atoms. The van der Waals surface area contributed by atoms with E-state index in [1.807, 2.05) is 0 Å². The van der Waals surface area contributed by atoms with Crippen molar-refractivity contribution in [1.29, 1.82) is 0 Å². The second-order valence-corrected chi connectivity index (χ2v) is 2.74. The van der Waals surface area contributed by atoms with Crippen molar-refractivity contribution < 1.29 is 19.8 Å². The Kier molecular flexibility index (Phi) is 4.43. The minimum atomic E-state index is -1.51. The summed E-state index contributed by atoms with van der Waals surface area (Å²) in [4.78, 5) is 20.4. The van der Waals surface area contributed by atoms with Gasteiger partial charge in [-0.25, -0.2) is 9.59 Å². The van der Waals surface area contributed by atoms with Crippen molar-refractivity contribution in [2.24, 2.45) is 0 Å². The van der Waals surface area contributed by atoms with Crippen LogP contribution in [0.4, 0.5) is 0 Å². The van der Waals surface area contributed by atoms with Crippen LogP contribution in [-0.4, -0.2) is 26.6 Å². The van der Waals surface area contributed by atoms with E-state index in [-0.39, 0.29) is 9.46 Å². The van der Waals surface area contributed by atoms with Crippen molar-refractivity contribution in [1.82, 2.24) is 0 Å². The summed E-state index contributed by atoms with van der Waals surface area (Å²) in [6.45, 7) is 0. The maximum atomic E-state index is 10.2. The summed E-state index contributed by atoms with van der Waals surface area (Å²) in [7, 11) is 0. The lowest BCUT2D eigenvalue weighted by Gasteiger charge is -1.96. The molecule has 6 heteroatoms. The first-order valence-electron chi connectivity index (χ1n) is 2.42. The summed E-state index contributed by atoms with van der Waals surface area (Å²) in [5, 5.41) is 16.5. The largest absolute Gasteiger partial charge is 0.477 e. The summed E-state index contributed by atoms with van der Waals surface area (Å²) in [5.74, 6) is -3.03. The summed E-state index contributed by atoms with van der Waals surface area (Å²) in [6, 6.07) is 0. The number of halogens is 2. The molecule has 0 rings (SSSR count). The highest BCUT2D eigenvalue weighted by Gasteiger charge is 2.19. The number of hydrogen-bond donors (Lipinski definition) is 2. The van der Waals surface area contributed by atoms with Gasteiger partial charge in [0.2, 0.25) is 0 Å². The SMILES string of the molecule is O=C(O)C(C(=O)O)=C(Cl)CI. The van der Waals surface area contributed by atoms with Crippen LogP contribution in [0.5, 0.6) is 0 Å². The minimum absolute atomic E-state index is 0.161. The minimum Gasteiger partial charge on any atom is -0.477 e. The predicted molar refractivity (Wildman–Crippen MR) is 47.0 cm³/mol. The molecule has 0 aromatic heterocycles. The Hall–Kier alpha value is -0.300. The van der Waals surface area contributed by atoms with Gasteiger partial charge in [0.1, 0.15) is 0 Å². The van der Waals surface area contributed by atoms with Crippen molar-refractivity contribution >= 4 is 46.1 Å². The highest BCUT2D eigenvalue weighted by molar-refractivity contribution is 14.1. The quantitative estimate of drug-likeness (QED) is 0.268. The molecule has 0 saturated heterocycles. The van der Waals surface area contributed by atoms with Gasteiger partial charge in [0.05, 0.1) is 0 Å². The summed E-state index contributed by atoms with van der Waals surface area (Å²) < 4.78 is 0.174. The highest BCUT2D eigenvalue weighted by Crippen LogP contribution is 2.12. The van der Waals surface area contributed by atoms with E-state index in [4.69, 9.17) is 21.8 Å². The number of carboxylic acid groups (broad SMARTS) is 2. The fourth-order valence-electron chi connectivity index (χ4n) is 0.390. The molecule has 0 radical (unpaired) electrons. The molecular formula is C5H4ClIO4. The molecule has 0 aliphatic rings. The number of allylic oxidation sites excluding steroid dienone is 1. The smallest absolute Gasteiger partial charge is 0.344 e. The molecule has 62 valence electrons. The maximum absolute atomic E-state index is 10.2. The van der Waals surface area contributed by atoms with E-state index >= 15 is 0 Å². The number of aliphatic carboxylic acids is 2. The third-order valence-corrected chi connectivity index (χ3v) is 2.35. The molecule has 0 spiro atoms. The molecule has 0 unspecified atom stereocenters. The van der Waals surface area contributed by atoms with E-state index in [1.54, 1.807) is 22.6 Å². The van der Waals surface area contributed by atoms with Crippen LogP contribution >= 0.6 is 34.2 Å². The third-order valence-electron chi connectivity index (χ3n) is 0.816. The number of rotatable bonds is 3. The molecule has 0 aliphatic carbocycles. The Labute approximate surface area is 81.0 Å². The van der Waals surface area contributed by atoms with Crippen LogP contribution in [-0.2, 0) is 9.59 Å². The summed E-state index contributed by atoms with van der Waals surface area (Å²) >= 11 is 7.11. The van der Waals surface area contributed by atoms with Gasteiger partial charge < -0.3 is 10.2 Å². The van der Waals surface area contributed by atoms with Gasteiger partial charge in [-0.15, -0.1) is 0 Å². The summed E-state index contributed by atoms with van der Waals surface area (Å²) in [5.41, 5.74) is -0.763. The first-order valence-corrected chi connectivity index (χ1v) is 4.32. The maximum Gasteiger partial charge on any atom is 0.344 e. The van der Waals surface area contributed by atoms with E-state index in [2.05, 4.69) is 0 Å². The fourth-order valence-corrected chi connectivity index (χ4v) is 0.933. The molecule has 0 aromatic rings. The fraction of sp³-hybridized carbons (Fsp3) is 0.200. The van der Waals surface area contributed by atoms with Gasteiger partial charge in [0, 0.05) is 9.46 Å². The Morgan fingerprint density at radius 2 is 1.64 bits per heavy atom. The first-order chi connectivity index (χ1) is 5.00. The molecule has 0 fully saturated rings. The average molecular weight is 290 g/mol. The van der Waals surface area contributed by atoms with Crippen LogP contribution in [0, 0.1) is 0 Å². The van der Waals surface area contributed by atoms with Crippen LogP contribution in [0.2, 0.25) is 0 Å². The lowest BCUT2D eigenvalue weighted by molar-refractivity contribution is -0.140. The molecule has 0 bridgehead atoms. The average Bonchev–Trinajstić information content (AvgIpc) is 1.85. The monoisotopic (exact) mass is 290 g/mol. The van der Waals surface area contributed by atoms with E-state index in [9.17, 15) is 9.59 Å². The van der Waals surface area contributed by atoms with Gasteiger partial charge in [-0.1, -0.05) is 34.2 Å². The normalized spacial score (nSPS) is 8.91. The molecule has 0 amide bonds. The van der Waals surface area contributed by atoms with Crippen LogP contribution in [0.25, 0.3) is 0 Å². The number of carboxylic acids is 2. The van der Waals surface area contributed by atoms with Crippen molar-refractivity contribution in [2.75, 3.05) is 4.43 Å². The Morgan fingerprint density at radius 3 is 1.73 bits per heavy atom. The molecular weight excluding hydrogens is 286 g/mol. The molecule has 0 heterocycles. The Balaban J connectivity index is 4.88. The van der Waals surface area contributed by atoms with E-state index < -0.39 is 17.5 Å². The van der Waals surface area contributed by atoms with Crippen molar-refractivity contribution in [3.05, 3.63) is 10.6 Å². The van der Waals surface area contributed by atoms with Gasteiger partial charge >= 0.3 is 11.9 Å². The molecule has 0 aromatic carbocycles. The predicted octanol–water partition coefficient (Wildman–Crippen LogP) is 1.08. The van der Waals surface area contributed by atoms with Gasteiger partial charge in [0.15, 0.2) is 5.57 Å². The molecule has 0 saturated carbocycles. The number of alkyl halides is 1. The molecule has 2 N–H and O–H groups in total. The van der Waals surface area contributed by atoms with Gasteiger partial charge in [0.25, 0.3) is 0 Å². The highest BCUT2D eigenvalue weighted by atomic mass is 127. The van der Waals surface area contributed by atoms with E-state index in [0.29, 0.717) is 0 Å². The van der Waals surface area contributed by atoms with Gasteiger partial charge in [-0.3, -0.25) is 0 Å². The van der Waals surface area contributed by atoms with E-state index in [0.717, 1.165) is 0 Å². The molecule has 0 atom stereocenters. The lowest BCUT2D eigenvalue weighted by Crippen LogP contribution is -2.13. The second-order valence-electron chi connectivity index (χ2n) is 1.52. The third kappa shape index (κ3) is 3.06. The summed E-state index contributed by atoms with van der Waals surface area (Å²) in [6.07, 6.45) is 0. The van der Waals surface area contributed by atoms with Crippen molar-refractivity contribution in [2.45, 2.75) is 0 Å². The van der Waals surface area contributed by atoms with E-state index in [1.165, 1.54) is 0 Å². The van der Waals surface area contributed by atoms with Crippen molar-refractivity contribution in [3.63, 3.8) is 0 Å². The second kappa shape index (κ2) is 4.55.